The highest BCUT2D eigenvalue weighted by Gasteiger charge is 2.40. The molecule has 1 unspecified atom stereocenters. The van der Waals surface area contributed by atoms with E-state index in [0.29, 0.717) is 26.6 Å². The molecule has 4 rings (SSSR count). The molecule has 3 aromatic rings. The number of nitrogens with zero attached hydrogens (tertiary/aromatic N) is 3. The number of rotatable bonds is 6. The zero-order valence-corrected chi connectivity index (χ0v) is 19.9. The fourth-order valence-electron chi connectivity index (χ4n) is 3.11. The Hall–Kier alpha value is -3.33. The van der Waals surface area contributed by atoms with Crippen LogP contribution in [0.1, 0.15) is 12.0 Å². The Bertz CT molecular complexity index is 1250. The topological polar surface area (TPSA) is 94.4 Å². The Morgan fingerprint density at radius 3 is 2.26 bits per heavy atom. The fraction of sp³-hybridized carbons (Fsp3) is 0.0833. The van der Waals surface area contributed by atoms with Crippen LogP contribution in [0.2, 0.25) is 10.0 Å². The molecule has 0 aliphatic carbocycles. The van der Waals surface area contributed by atoms with Gasteiger partial charge in [-0.25, -0.2) is 0 Å². The van der Waals surface area contributed by atoms with Crippen LogP contribution in [0.5, 0.6) is 5.75 Å². The normalized spacial score (nSPS) is 17.0. The van der Waals surface area contributed by atoms with E-state index >= 15 is 0 Å². The number of thioether (sulfide) groups is 1. The van der Waals surface area contributed by atoms with Gasteiger partial charge in [-0.2, -0.15) is 5.10 Å². The monoisotopic (exact) mass is 512 g/mol. The molecule has 1 aliphatic heterocycles. The van der Waals surface area contributed by atoms with Crippen molar-refractivity contribution in [2.45, 2.75) is 11.7 Å². The van der Waals surface area contributed by atoms with Crippen molar-refractivity contribution in [3.05, 3.63) is 88.4 Å². The second-order valence-corrected chi connectivity index (χ2v) is 9.28. The largest absolute Gasteiger partial charge is 0.508 e. The summed E-state index contributed by atoms with van der Waals surface area (Å²) in [6, 6.07) is 19.9. The van der Waals surface area contributed by atoms with E-state index in [4.69, 9.17) is 23.2 Å². The van der Waals surface area contributed by atoms with E-state index < -0.39 is 5.25 Å². The summed E-state index contributed by atoms with van der Waals surface area (Å²) in [7, 11) is 0. The van der Waals surface area contributed by atoms with Crippen molar-refractivity contribution in [3.8, 4) is 5.75 Å². The molecule has 7 nitrogen and oxygen atoms in total. The molecule has 1 saturated heterocycles. The van der Waals surface area contributed by atoms with Gasteiger partial charge in [0, 0.05) is 22.2 Å². The van der Waals surface area contributed by atoms with Crippen molar-refractivity contribution >= 4 is 69.5 Å². The quantitative estimate of drug-likeness (QED) is 0.333. The third-order valence-electron chi connectivity index (χ3n) is 4.76. The second kappa shape index (κ2) is 10.7. The van der Waals surface area contributed by atoms with E-state index in [0.717, 1.165) is 17.3 Å². The SMILES string of the molecule is O=C(CC1S/C(=N/N=C/c2ccc(Cl)cc2)N(c2ccc(O)cc2)C1=O)Nc1ccc(Cl)cc1. The van der Waals surface area contributed by atoms with E-state index in [1.807, 2.05) is 0 Å². The Labute approximate surface area is 210 Å². The van der Waals surface area contributed by atoms with E-state index in [2.05, 4.69) is 15.5 Å². The first kappa shape index (κ1) is 23.8. The van der Waals surface area contributed by atoms with Crippen molar-refractivity contribution in [3.63, 3.8) is 0 Å². The Morgan fingerprint density at radius 1 is 1.00 bits per heavy atom. The molecule has 0 bridgehead atoms. The summed E-state index contributed by atoms with van der Waals surface area (Å²) in [6.07, 6.45) is 1.49. The van der Waals surface area contributed by atoms with Gasteiger partial charge in [-0.1, -0.05) is 47.1 Å². The summed E-state index contributed by atoms with van der Waals surface area (Å²) in [5.74, 6) is -0.548. The van der Waals surface area contributed by atoms with E-state index in [-0.39, 0.29) is 24.0 Å². The van der Waals surface area contributed by atoms with Crippen LogP contribution in [-0.4, -0.2) is 33.6 Å². The summed E-state index contributed by atoms with van der Waals surface area (Å²) in [5.41, 5.74) is 1.89. The predicted octanol–water partition coefficient (Wildman–Crippen LogP) is 5.57. The van der Waals surface area contributed by atoms with Gasteiger partial charge in [0.15, 0.2) is 5.17 Å². The van der Waals surface area contributed by atoms with Gasteiger partial charge >= 0.3 is 0 Å². The van der Waals surface area contributed by atoms with Gasteiger partial charge in [0.25, 0.3) is 0 Å². The van der Waals surface area contributed by atoms with E-state index in [9.17, 15) is 14.7 Å². The Morgan fingerprint density at radius 2 is 1.62 bits per heavy atom. The molecule has 10 heteroatoms. The Kier molecular flexibility index (Phi) is 7.52. The number of nitrogens with one attached hydrogen (secondary N) is 1. The number of hydrogen-bond acceptors (Lipinski definition) is 6. The summed E-state index contributed by atoms with van der Waals surface area (Å²) >= 11 is 12.9. The molecule has 0 aromatic heterocycles. The van der Waals surface area contributed by atoms with Crippen molar-refractivity contribution < 1.29 is 14.7 Å². The minimum Gasteiger partial charge on any atom is -0.508 e. The van der Waals surface area contributed by atoms with Gasteiger partial charge in [-0.3, -0.25) is 14.5 Å². The third-order valence-corrected chi connectivity index (χ3v) is 6.39. The first-order valence-electron chi connectivity index (χ1n) is 10.1. The number of phenols is 1. The van der Waals surface area contributed by atoms with Crippen molar-refractivity contribution in [2.24, 2.45) is 10.2 Å². The highest BCUT2D eigenvalue weighted by atomic mass is 35.5. The van der Waals surface area contributed by atoms with Crippen LogP contribution in [-0.2, 0) is 9.59 Å². The van der Waals surface area contributed by atoms with Crippen LogP contribution in [0.3, 0.4) is 0 Å². The van der Waals surface area contributed by atoms with Crippen LogP contribution in [0, 0.1) is 0 Å². The van der Waals surface area contributed by atoms with Gasteiger partial charge in [-0.15, -0.1) is 5.10 Å². The van der Waals surface area contributed by atoms with Crippen LogP contribution < -0.4 is 10.2 Å². The maximum atomic E-state index is 13.2. The second-order valence-electron chi connectivity index (χ2n) is 7.23. The number of anilines is 2. The van der Waals surface area contributed by atoms with Gasteiger partial charge in [0.05, 0.1) is 11.9 Å². The molecule has 1 atom stereocenters. The maximum Gasteiger partial charge on any atom is 0.247 e. The molecule has 2 N–H and O–H groups in total. The van der Waals surface area contributed by atoms with E-state index in [1.165, 1.54) is 17.0 Å². The van der Waals surface area contributed by atoms with Crippen molar-refractivity contribution in [1.82, 2.24) is 0 Å². The Balaban J connectivity index is 1.53. The number of amides is 2. The zero-order valence-electron chi connectivity index (χ0n) is 17.6. The number of halogens is 2. The minimum absolute atomic E-state index is 0.0549. The molecule has 0 saturated carbocycles. The van der Waals surface area contributed by atoms with Crippen LogP contribution in [0.25, 0.3) is 0 Å². The van der Waals surface area contributed by atoms with Gasteiger partial charge in [-0.05, 0) is 66.2 Å². The molecule has 1 fully saturated rings. The number of carbonyl (C=O) groups excluding carboxylic acids is 2. The molecule has 34 heavy (non-hydrogen) atoms. The smallest absolute Gasteiger partial charge is 0.247 e. The molecule has 172 valence electrons. The first-order chi connectivity index (χ1) is 16.4. The number of aromatic hydroxyl groups is 1. The number of carbonyl (C=O) groups is 2. The van der Waals surface area contributed by atoms with Gasteiger partial charge < -0.3 is 10.4 Å². The van der Waals surface area contributed by atoms with Crippen molar-refractivity contribution in [2.75, 3.05) is 10.2 Å². The summed E-state index contributed by atoms with van der Waals surface area (Å²) < 4.78 is 0. The first-order valence-corrected chi connectivity index (χ1v) is 11.7. The highest BCUT2D eigenvalue weighted by molar-refractivity contribution is 8.16. The van der Waals surface area contributed by atoms with Crippen LogP contribution in [0.15, 0.2) is 83.0 Å². The number of phenolic OH excluding ortho intramolecular Hbond substituents is 1. The molecular weight excluding hydrogens is 495 g/mol. The minimum atomic E-state index is -0.689. The third kappa shape index (κ3) is 5.96. The lowest BCUT2D eigenvalue weighted by atomic mass is 10.2. The van der Waals surface area contributed by atoms with Gasteiger partial charge in [0.1, 0.15) is 11.0 Å². The molecule has 3 aromatic carbocycles. The molecular formula is C24H18Cl2N4O3S. The molecule has 1 aliphatic rings. The molecule has 0 radical (unpaired) electrons. The molecule has 2 amide bonds. The highest BCUT2D eigenvalue weighted by Crippen LogP contribution is 2.34. The average Bonchev–Trinajstić information content (AvgIpc) is 3.12. The van der Waals surface area contributed by atoms with Crippen LogP contribution >= 0.6 is 35.0 Å². The lowest BCUT2D eigenvalue weighted by Gasteiger charge is -2.16. The van der Waals surface area contributed by atoms with Crippen LogP contribution in [0.4, 0.5) is 11.4 Å². The fourth-order valence-corrected chi connectivity index (χ4v) is 4.46. The lowest BCUT2D eigenvalue weighted by Crippen LogP contribution is -2.33. The summed E-state index contributed by atoms with van der Waals surface area (Å²) in [6.45, 7) is 0. The van der Waals surface area contributed by atoms with Crippen molar-refractivity contribution in [1.29, 1.82) is 0 Å². The average molecular weight is 513 g/mol. The number of benzene rings is 3. The molecule has 1 heterocycles. The molecule has 0 spiro atoms. The van der Waals surface area contributed by atoms with E-state index in [1.54, 1.807) is 66.9 Å². The zero-order chi connectivity index (χ0) is 24.1. The standard InChI is InChI=1S/C24H18Cl2N4O3S/c25-16-3-1-15(2-4-16)14-27-29-24-30(19-9-11-20(31)12-10-19)23(33)21(34-24)13-22(32)28-18-7-5-17(26)6-8-18/h1-12,14,21,31H,13H2,(H,28,32)/b27-14+,29-24+. The number of hydrogen-bond donors (Lipinski definition) is 2. The number of amidine groups is 1. The summed E-state index contributed by atoms with van der Waals surface area (Å²) in [4.78, 5) is 27.2. The van der Waals surface area contributed by atoms with Gasteiger partial charge in [0.2, 0.25) is 11.8 Å². The summed E-state index contributed by atoms with van der Waals surface area (Å²) in [5, 5.41) is 21.5. The predicted molar refractivity (Wildman–Crippen MR) is 138 cm³/mol. The maximum absolute atomic E-state index is 13.2. The lowest BCUT2D eigenvalue weighted by molar-refractivity contribution is -0.121.